The van der Waals surface area contributed by atoms with Gasteiger partial charge in [0, 0.05) is 35.7 Å². The summed E-state index contributed by atoms with van der Waals surface area (Å²) >= 11 is 1.26. The van der Waals surface area contributed by atoms with Crippen LogP contribution < -0.4 is 19.7 Å². The average Bonchev–Trinajstić information content (AvgIpc) is 3.92. The molecule has 2 aromatic heterocycles. The van der Waals surface area contributed by atoms with Crippen molar-refractivity contribution in [3.05, 3.63) is 83.4 Å². The number of nitrogens with one attached hydrogen (secondary N) is 2. The summed E-state index contributed by atoms with van der Waals surface area (Å²) in [7, 11) is 0. The number of aromatic carboxylic acids is 1. The zero-order valence-electron chi connectivity index (χ0n) is 28.9. The van der Waals surface area contributed by atoms with E-state index in [4.69, 9.17) is 24.7 Å². The lowest BCUT2D eigenvalue weighted by Gasteiger charge is -2.37. The maximum atomic E-state index is 11.5. The molecule has 0 spiro atoms. The van der Waals surface area contributed by atoms with Gasteiger partial charge >= 0.3 is 5.97 Å². The normalized spacial score (nSPS) is 16.3. The van der Waals surface area contributed by atoms with E-state index in [0.29, 0.717) is 30.4 Å². The van der Waals surface area contributed by atoms with Crippen molar-refractivity contribution in [3.63, 3.8) is 0 Å². The van der Waals surface area contributed by atoms with E-state index in [1.165, 1.54) is 37.6 Å². The first-order valence-corrected chi connectivity index (χ1v) is 18.1. The molecule has 2 aromatic carbocycles. The van der Waals surface area contributed by atoms with Crippen molar-refractivity contribution in [1.29, 1.82) is 0 Å². The topological polar surface area (TPSA) is 125 Å². The number of carboxylic acid groups (broad SMARTS) is 1. The summed E-state index contributed by atoms with van der Waals surface area (Å²) in [6.45, 7) is 11.9. The maximum absolute atomic E-state index is 11.5. The fourth-order valence-electron chi connectivity index (χ4n) is 6.17. The zero-order chi connectivity index (χ0) is 34.4. The molecule has 49 heavy (non-hydrogen) atoms. The zero-order valence-corrected chi connectivity index (χ0v) is 29.7. The van der Waals surface area contributed by atoms with Crippen molar-refractivity contribution in [2.24, 2.45) is 11.3 Å². The molecule has 1 atom stereocenters. The van der Waals surface area contributed by atoms with Gasteiger partial charge < -0.3 is 20.1 Å². The van der Waals surface area contributed by atoms with Gasteiger partial charge in [-0.15, -0.1) is 0 Å². The summed E-state index contributed by atoms with van der Waals surface area (Å²) in [5.41, 5.74) is 5.72. The molecule has 0 amide bonds. The summed E-state index contributed by atoms with van der Waals surface area (Å²) in [5, 5.41) is 13.1. The first-order valence-electron chi connectivity index (χ1n) is 17.3. The Morgan fingerprint density at radius 3 is 2.45 bits per heavy atom. The number of nitrogens with zero attached hydrogens (tertiary/aromatic N) is 5. The van der Waals surface area contributed by atoms with Crippen LogP contribution in [0.3, 0.4) is 0 Å². The molecule has 1 saturated heterocycles. The van der Waals surface area contributed by atoms with Gasteiger partial charge in [0.15, 0.2) is 0 Å². The van der Waals surface area contributed by atoms with Gasteiger partial charge in [0.25, 0.3) is 0 Å². The van der Waals surface area contributed by atoms with E-state index in [0.717, 1.165) is 70.6 Å². The number of hydrogen-bond acceptors (Lipinski definition) is 10. The molecule has 2 aliphatic rings. The van der Waals surface area contributed by atoms with Gasteiger partial charge in [-0.25, -0.2) is 19.7 Å². The van der Waals surface area contributed by atoms with E-state index in [-0.39, 0.29) is 11.6 Å². The highest BCUT2D eigenvalue weighted by atomic mass is 32.2. The van der Waals surface area contributed by atoms with Crippen LogP contribution in [0.15, 0.2) is 65.8 Å². The van der Waals surface area contributed by atoms with E-state index >= 15 is 0 Å². The number of hydrogen-bond donors (Lipinski definition) is 3. The minimum Gasteiger partial charge on any atom is -0.478 e. The minimum absolute atomic E-state index is 0.0938. The van der Waals surface area contributed by atoms with Crippen LogP contribution in [0.2, 0.25) is 0 Å². The van der Waals surface area contributed by atoms with E-state index < -0.39 is 5.97 Å². The molecule has 3 heterocycles. The highest BCUT2D eigenvalue weighted by Crippen LogP contribution is 2.35. The number of anilines is 2. The number of aromatic nitrogens is 4. The fraction of sp³-hybridized carbons (Fsp3) is 0.447. The smallest absolute Gasteiger partial charge is 0.335 e. The van der Waals surface area contributed by atoms with Gasteiger partial charge in [0.2, 0.25) is 11.8 Å². The summed E-state index contributed by atoms with van der Waals surface area (Å²) in [4.78, 5) is 33.6. The third-order valence-corrected chi connectivity index (χ3v) is 10.3. The number of aryl methyl sites for hydroxylation is 2. The van der Waals surface area contributed by atoms with Crippen LogP contribution in [0.25, 0.3) is 11.3 Å². The van der Waals surface area contributed by atoms with Crippen molar-refractivity contribution in [3.8, 4) is 17.1 Å². The number of rotatable bonds is 15. The van der Waals surface area contributed by atoms with Gasteiger partial charge in [-0.05, 0) is 92.1 Å². The number of carbonyl (C=O) groups is 1. The highest BCUT2D eigenvalue weighted by molar-refractivity contribution is 8.00. The maximum Gasteiger partial charge on any atom is 0.335 e. The monoisotopic (exact) mass is 681 g/mol. The molecule has 10 nitrogen and oxygen atoms in total. The lowest BCUT2D eigenvalue weighted by atomic mass is 9.82. The number of piperidine rings is 1. The average molecular weight is 682 g/mol. The van der Waals surface area contributed by atoms with Crippen molar-refractivity contribution in [1.82, 2.24) is 25.3 Å². The first kappa shape index (κ1) is 34.6. The molecule has 4 aromatic rings. The van der Waals surface area contributed by atoms with Crippen LogP contribution in [0, 0.1) is 25.2 Å². The number of ether oxygens (including phenoxy) is 1. The van der Waals surface area contributed by atoms with Crippen molar-refractivity contribution in [2.45, 2.75) is 83.7 Å². The Hall–Kier alpha value is -4.22. The van der Waals surface area contributed by atoms with Crippen molar-refractivity contribution in [2.75, 3.05) is 29.3 Å². The predicted molar refractivity (Wildman–Crippen MR) is 195 cm³/mol. The van der Waals surface area contributed by atoms with Crippen LogP contribution in [-0.2, 0) is 6.54 Å². The van der Waals surface area contributed by atoms with Crippen LogP contribution in [-0.4, -0.2) is 56.7 Å². The minimum atomic E-state index is -0.971. The van der Waals surface area contributed by atoms with E-state index in [1.54, 1.807) is 18.2 Å². The molecule has 11 heteroatoms. The van der Waals surface area contributed by atoms with Crippen LogP contribution in [0.1, 0.15) is 79.7 Å². The van der Waals surface area contributed by atoms with Gasteiger partial charge in [0.1, 0.15) is 12.4 Å². The van der Waals surface area contributed by atoms with Gasteiger partial charge in [-0.1, -0.05) is 51.0 Å². The Bertz CT molecular complexity index is 1720. The van der Waals surface area contributed by atoms with E-state index in [9.17, 15) is 9.90 Å². The summed E-state index contributed by atoms with van der Waals surface area (Å²) in [5.74, 6) is 1.46. The van der Waals surface area contributed by atoms with Crippen LogP contribution in [0.5, 0.6) is 5.88 Å². The molecule has 6 rings (SSSR count). The Kier molecular flexibility index (Phi) is 11.0. The molecular formula is C38H47N7O3S. The van der Waals surface area contributed by atoms with Crippen LogP contribution >= 0.6 is 11.9 Å². The van der Waals surface area contributed by atoms with Crippen molar-refractivity contribution >= 4 is 29.6 Å². The Labute approximate surface area is 293 Å². The van der Waals surface area contributed by atoms with E-state index in [2.05, 4.69) is 54.8 Å². The molecule has 2 fully saturated rings. The summed E-state index contributed by atoms with van der Waals surface area (Å²) < 4.78 is 9.64. The largest absolute Gasteiger partial charge is 0.478 e. The molecule has 0 bridgehead atoms. The number of carboxylic acids is 1. The predicted octanol–water partition coefficient (Wildman–Crippen LogP) is 7.72. The van der Waals surface area contributed by atoms with Gasteiger partial charge in [-0.3, -0.25) is 4.72 Å². The Balaban J connectivity index is 1.15. The Morgan fingerprint density at radius 1 is 1.04 bits per heavy atom. The molecular weight excluding hydrogens is 635 g/mol. The quantitative estimate of drug-likeness (QED) is 0.107. The second-order valence-corrected chi connectivity index (χ2v) is 15.0. The molecule has 1 unspecified atom stereocenters. The standard InChI is InChI=1S/C38H47N7O3S/c1-25-7-5-8-26(2)35(25)32-20-34(43-37(42-32)44-49-31-10-6-9-28(19-31)36(46)47)48-24-29(14-13-27-11-12-27)39-23-33-40-21-30(22-41-33)45-17-15-38(3,4)16-18-45/h5-10,19-22,27,29,39H,11-18,23-24H2,1-4H3,(H,46,47)(H,42,43,44). The first-order chi connectivity index (χ1) is 23.6. The second kappa shape index (κ2) is 15.6. The molecule has 1 aliphatic carbocycles. The third kappa shape index (κ3) is 9.70. The highest BCUT2D eigenvalue weighted by Gasteiger charge is 2.26. The SMILES string of the molecule is Cc1cccc(C)c1-c1cc(OCC(CCC2CC2)NCc2ncc(N3CCC(C)(C)CC3)cn2)nc(NSc2cccc(C(=O)O)c2)n1. The molecule has 0 radical (unpaired) electrons. The summed E-state index contributed by atoms with van der Waals surface area (Å²) in [6.07, 6.45) is 11.0. The summed E-state index contributed by atoms with van der Waals surface area (Å²) in [6, 6.07) is 14.9. The van der Waals surface area contributed by atoms with Gasteiger partial charge in [-0.2, -0.15) is 4.98 Å². The number of benzene rings is 2. The fourth-order valence-corrected chi connectivity index (χ4v) is 6.80. The molecule has 3 N–H and O–H groups in total. The second-order valence-electron chi connectivity index (χ2n) is 14.1. The van der Waals surface area contributed by atoms with Gasteiger partial charge in [0.05, 0.1) is 35.9 Å². The lowest BCUT2D eigenvalue weighted by Crippen LogP contribution is -2.37. The Morgan fingerprint density at radius 2 is 1.76 bits per heavy atom. The lowest BCUT2D eigenvalue weighted by molar-refractivity contribution is 0.0696. The third-order valence-electron chi connectivity index (χ3n) is 9.56. The van der Waals surface area contributed by atoms with Crippen molar-refractivity contribution < 1.29 is 14.6 Å². The molecule has 1 aliphatic heterocycles. The molecule has 258 valence electrons. The molecule has 1 saturated carbocycles. The van der Waals surface area contributed by atoms with E-state index in [1.807, 2.05) is 30.6 Å². The van der Waals surface area contributed by atoms with Crippen LogP contribution in [0.4, 0.5) is 11.6 Å².